The van der Waals surface area contributed by atoms with E-state index in [4.69, 9.17) is 11.6 Å². The number of rotatable bonds is 3. The third-order valence-corrected chi connectivity index (χ3v) is 4.06. The number of pyridine rings is 2. The lowest BCUT2D eigenvalue weighted by atomic mass is 9.99. The molecule has 0 radical (unpaired) electrons. The highest BCUT2D eigenvalue weighted by molar-refractivity contribution is 6.17. The molecule has 0 amide bonds. The molecule has 0 aliphatic heterocycles. The van der Waals surface area contributed by atoms with E-state index in [2.05, 4.69) is 9.97 Å². The van der Waals surface area contributed by atoms with E-state index in [1.807, 2.05) is 48.5 Å². The summed E-state index contributed by atoms with van der Waals surface area (Å²) in [4.78, 5) is 19.0. The van der Waals surface area contributed by atoms with Gasteiger partial charge in [0.2, 0.25) is 0 Å². The Balaban J connectivity index is 2.01. The normalized spacial score (nSPS) is 10.4. The van der Waals surface area contributed by atoms with Gasteiger partial charge in [0.1, 0.15) is 11.6 Å². The number of nitrogens with zero attached hydrogens (tertiary/aromatic N) is 2. The van der Waals surface area contributed by atoms with Crippen LogP contribution in [-0.4, -0.2) is 9.97 Å². The van der Waals surface area contributed by atoms with Crippen LogP contribution in [0, 0.1) is 18.3 Å². The van der Waals surface area contributed by atoms with Gasteiger partial charge in [0, 0.05) is 28.9 Å². The van der Waals surface area contributed by atoms with Crippen LogP contribution < -0.4 is 5.56 Å². The number of aryl methyl sites for hydroxylation is 1. The lowest BCUT2D eigenvalue weighted by Gasteiger charge is -2.07. The van der Waals surface area contributed by atoms with Crippen LogP contribution in [0.15, 0.2) is 53.5 Å². The van der Waals surface area contributed by atoms with Gasteiger partial charge in [-0.2, -0.15) is 5.26 Å². The van der Waals surface area contributed by atoms with Crippen molar-refractivity contribution in [1.29, 1.82) is 5.26 Å². The van der Waals surface area contributed by atoms with Crippen molar-refractivity contribution in [2.45, 2.75) is 12.8 Å². The van der Waals surface area contributed by atoms with Crippen molar-refractivity contribution in [3.63, 3.8) is 0 Å². The van der Waals surface area contributed by atoms with Gasteiger partial charge in [-0.15, -0.1) is 11.6 Å². The number of aromatic amines is 1. The second kappa shape index (κ2) is 6.69. The average Bonchev–Trinajstić information content (AvgIpc) is 2.61. The molecule has 3 aromatic rings. The lowest BCUT2D eigenvalue weighted by Crippen LogP contribution is -2.12. The van der Waals surface area contributed by atoms with Gasteiger partial charge in [-0.05, 0) is 30.2 Å². The molecule has 0 aliphatic carbocycles. The van der Waals surface area contributed by atoms with Crippen LogP contribution in [0.2, 0.25) is 0 Å². The van der Waals surface area contributed by atoms with E-state index in [-0.39, 0.29) is 11.1 Å². The zero-order valence-corrected chi connectivity index (χ0v) is 13.8. The minimum atomic E-state index is -0.366. The fourth-order valence-corrected chi connectivity index (χ4v) is 2.68. The molecular formula is C19H14ClN3O. The van der Waals surface area contributed by atoms with Crippen molar-refractivity contribution < 1.29 is 0 Å². The molecule has 0 saturated carbocycles. The molecule has 1 aromatic carbocycles. The van der Waals surface area contributed by atoms with Crippen molar-refractivity contribution in [3.8, 4) is 28.5 Å². The minimum Gasteiger partial charge on any atom is -0.325 e. The molecule has 1 N–H and O–H groups in total. The Morgan fingerprint density at radius 1 is 1.17 bits per heavy atom. The van der Waals surface area contributed by atoms with E-state index in [0.717, 1.165) is 28.1 Å². The predicted octanol–water partition coefficient (Wildman–Crippen LogP) is 4.02. The predicted molar refractivity (Wildman–Crippen MR) is 94.7 cm³/mol. The summed E-state index contributed by atoms with van der Waals surface area (Å²) in [5.74, 6) is 0.436. The molecule has 5 heteroatoms. The van der Waals surface area contributed by atoms with Crippen LogP contribution in [0.25, 0.3) is 22.4 Å². The number of hydrogen-bond donors (Lipinski definition) is 1. The summed E-state index contributed by atoms with van der Waals surface area (Å²) in [5.41, 5.74) is 4.70. The molecular weight excluding hydrogens is 322 g/mol. The molecule has 2 heterocycles. The number of halogens is 1. The third kappa shape index (κ3) is 3.08. The van der Waals surface area contributed by atoms with Crippen LogP contribution >= 0.6 is 11.6 Å². The first-order valence-electron chi connectivity index (χ1n) is 7.38. The van der Waals surface area contributed by atoms with Gasteiger partial charge in [0.15, 0.2) is 0 Å². The summed E-state index contributed by atoms with van der Waals surface area (Å²) in [6.45, 7) is 1.79. The van der Waals surface area contributed by atoms with Crippen LogP contribution in [-0.2, 0) is 5.88 Å². The minimum absolute atomic E-state index is 0.123. The zero-order valence-electron chi connectivity index (χ0n) is 13.0. The lowest BCUT2D eigenvalue weighted by molar-refractivity contribution is 1.13. The Hall–Kier alpha value is -2.90. The maximum absolute atomic E-state index is 11.9. The van der Waals surface area contributed by atoms with E-state index in [1.54, 1.807) is 13.1 Å². The van der Waals surface area contributed by atoms with E-state index in [0.29, 0.717) is 11.4 Å². The second-order valence-electron chi connectivity index (χ2n) is 5.44. The summed E-state index contributed by atoms with van der Waals surface area (Å²) in [5, 5.41) is 9.24. The standard InChI is InChI=1S/C19H14ClN3O/c1-12-8-16(17(10-21)19(24)23-12)14-3-5-15(6-4-14)18-7-2-13(9-20)11-22-18/h2-8,11H,9H2,1H3,(H,23,24). The van der Waals surface area contributed by atoms with Crippen molar-refractivity contribution in [2.24, 2.45) is 0 Å². The average molecular weight is 336 g/mol. The highest BCUT2D eigenvalue weighted by Crippen LogP contribution is 2.25. The molecule has 0 spiro atoms. The third-order valence-electron chi connectivity index (χ3n) is 3.75. The molecule has 0 unspecified atom stereocenters. The Morgan fingerprint density at radius 3 is 2.46 bits per heavy atom. The first-order chi connectivity index (χ1) is 11.6. The molecule has 118 valence electrons. The van der Waals surface area contributed by atoms with E-state index >= 15 is 0 Å². The van der Waals surface area contributed by atoms with E-state index in [1.165, 1.54) is 0 Å². The summed E-state index contributed by atoms with van der Waals surface area (Å²) in [6.07, 6.45) is 1.75. The fourth-order valence-electron chi connectivity index (χ4n) is 2.52. The molecule has 3 rings (SSSR count). The Bertz CT molecular complexity index is 967. The molecule has 0 bridgehead atoms. The van der Waals surface area contributed by atoms with Gasteiger partial charge in [-0.3, -0.25) is 9.78 Å². The van der Waals surface area contributed by atoms with E-state index in [9.17, 15) is 10.1 Å². The number of H-pyrrole nitrogens is 1. The number of benzene rings is 1. The van der Waals surface area contributed by atoms with Crippen LogP contribution in [0.5, 0.6) is 0 Å². The summed E-state index contributed by atoms with van der Waals surface area (Å²) in [7, 11) is 0. The first kappa shape index (κ1) is 16.0. The highest BCUT2D eigenvalue weighted by Gasteiger charge is 2.10. The number of nitrogens with one attached hydrogen (secondary N) is 1. The molecule has 24 heavy (non-hydrogen) atoms. The van der Waals surface area contributed by atoms with Gasteiger partial charge in [0.05, 0.1) is 5.69 Å². The van der Waals surface area contributed by atoms with Crippen LogP contribution in [0.4, 0.5) is 0 Å². The maximum Gasteiger partial charge on any atom is 0.266 e. The molecule has 0 saturated heterocycles. The largest absolute Gasteiger partial charge is 0.325 e. The quantitative estimate of drug-likeness (QED) is 0.735. The molecule has 2 aromatic heterocycles. The van der Waals surface area contributed by atoms with Crippen molar-refractivity contribution in [3.05, 3.63) is 75.8 Å². The van der Waals surface area contributed by atoms with Gasteiger partial charge < -0.3 is 4.98 Å². The number of nitriles is 1. The Morgan fingerprint density at radius 2 is 1.88 bits per heavy atom. The molecule has 0 atom stereocenters. The van der Waals surface area contributed by atoms with Crippen molar-refractivity contribution in [2.75, 3.05) is 0 Å². The Labute approximate surface area is 144 Å². The zero-order chi connectivity index (χ0) is 17.1. The van der Waals surface area contributed by atoms with Crippen LogP contribution in [0.3, 0.4) is 0 Å². The SMILES string of the molecule is Cc1cc(-c2ccc(-c3ccc(CCl)cn3)cc2)c(C#N)c(=O)[nH]1. The number of hydrogen-bond acceptors (Lipinski definition) is 3. The second-order valence-corrected chi connectivity index (χ2v) is 5.71. The van der Waals surface area contributed by atoms with Crippen LogP contribution in [0.1, 0.15) is 16.8 Å². The number of alkyl halides is 1. The smallest absolute Gasteiger partial charge is 0.266 e. The topological polar surface area (TPSA) is 69.5 Å². The number of aromatic nitrogens is 2. The highest BCUT2D eigenvalue weighted by atomic mass is 35.5. The first-order valence-corrected chi connectivity index (χ1v) is 7.91. The van der Waals surface area contributed by atoms with Crippen molar-refractivity contribution >= 4 is 11.6 Å². The van der Waals surface area contributed by atoms with Crippen molar-refractivity contribution in [1.82, 2.24) is 9.97 Å². The van der Waals surface area contributed by atoms with Gasteiger partial charge in [-0.25, -0.2) is 0 Å². The monoisotopic (exact) mass is 335 g/mol. The maximum atomic E-state index is 11.9. The van der Waals surface area contributed by atoms with Gasteiger partial charge in [0.25, 0.3) is 5.56 Å². The summed E-state index contributed by atoms with van der Waals surface area (Å²) in [6, 6.07) is 15.3. The van der Waals surface area contributed by atoms with Gasteiger partial charge in [-0.1, -0.05) is 30.3 Å². The summed E-state index contributed by atoms with van der Waals surface area (Å²) >= 11 is 5.77. The fraction of sp³-hybridized carbons (Fsp3) is 0.105. The van der Waals surface area contributed by atoms with Gasteiger partial charge >= 0.3 is 0 Å². The molecule has 0 aliphatic rings. The molecule has 4 nitrogen and oxygen atoms in total. The summed E-state index contributed by atoms with van der Waals surface area (Å²) < 4.78 is 0. The van der Waals surface area contributed by atoms with E-state index < -0.39 is 0 Å². The Kier molecular flexibility index (Phi) is 4.45. The molecule has 0 fully saturated rings.